The van der Waals surface area contributed by atoms with Crippen molar-refractivity contribution in [2.45, 2.75) is 13.5 Å². The molecule has 0 spiro atoms. The Morgan fingerprint density at radius 2 is 1.96 bits per heavy atom. The van der Waals surface area contributed by atoms with Crippen LogP contribution in [0, 0.1) is 0 Å². The number of esters is 1. The first-order valence-corrected chi connectivity index (χ1v) is 9.05. The summed E-state index contributed by atoms with van der Waals surface area (Å²) in [5.41, 5.74) is 0.0803. The molecular formula is C18H15N3O6S. The molecule has 3 aromatic rings. The lowest BCUT2D eigenvalue weighted by Crippen LogP contribution is -2.28. The highest BCUT2D eigenvalue weighted by atomic mass is 32.1. The van der Waals surface area contributed by atoms with E-state index >= 15 is 0 Å². The largest absolute Gasteiger partial charge is 0.478 e. The minimum absolute atomic E-state index is 0.0906. The van der Waals surface area contributed by atoms with Crippen LogP contribution in [0.15, 0.2) is 40.8 Å². The molecule has 0 radical (unpaired) electrons. The van der Waals surface area contributed by atoms with Crippen molar-refractivity contribution in [2.75, 3.05) is 11.9 Å². The number of amides is 1. The first-order valence-electron chi connectivity index (χ1n) is 8.17. The predicted octanol–water partition coefficient (Wildman–Crippen LogP) is 1.97. The van der Waals surface area contributed by atoms with Crippen LogP contribution < -0.4 is 10.9 Å². The summed E-state index contributed by atoms with van der Waals surface area (Å²) in [6, 6.07) is 5.61. The van der Waals surface area contributed by atoms with Gasteiger partial charge in [0.2, 0.25) is 5.91 Å². The van der Waals surface area contributed by atoms with E-state index in [4.69, 9.17) is 9.84 Å². The molecular weight excluding hydrogens is 386 g/mol. The summed E-state index contributed by atoms with van der Waals surface area (Å²) in [5.74, 6) is -2.19. The number of carbonyl (C=O) groups is 3. The van der Waals surface area contributed by atoms with Crippen LogP contribution in [0.5, 0.6) is 0 Å². The monoisotopic (exact) mass is 401 g/mol. The summed E-state index contributed by atoms with van der Waals surface area (Å²) in [6.07, 6.45) is 1.24. The summed E-state index contributed by atoms with van der Waals surface area (Å²) in [7, 11) is 0. The Morgan fingerprint density at radius 3 is 2.61 bits per heavy atom. The van der Waals surface area contributed by atoms with E-state index in [0.29, 0.717) is 10.5 Å². The van der Waals surface area contributed by atoms with Gasteiger partial charge in [-0.3, -0.25) is 14.2 Å². The standard InChI is InChI=1S/C18H15N3O6S/c1-2-27-18(26)12-8-28-15-14(12)16(23)21(9-19-15)7-13(22)20-11-5-3-10(4-6-11)17(24)25/h3-6,8-9H,2,7H2,1H3,(H,20,22)(H,24,25). The average Bonchev–Trinajstić information content (AvgIpc) is 3.09. The Bertz CT molecular complexity index is 1120. The number of hydrogen-bond donors (Lipinski definition) is 2. The molecule has 9 nitrogen and oxygen atoms in total. The molecule has 0 saturated heterocycles. The van der Waals surface area contributed by atoms with E-state index in [-0.39, 0.29) is 29.7 Å². The molecule has 0 unspecified atom stereocenters. The number of carbonyl (C=O) groups excluding carboxylic acids is 2. The van der Waals surface area contributed by atoms with Crippen molar-refractivity contribution in [1.82, 2.24) is 9.55 Å². The van der Waals surface area contributed by atoms with Gasteiger partial charge in [-0.25, -0.2) is 14.6 Å². The van der Waals surface area contributed by atoms with Gasteiger partial charge in [0.25, 0.3) is 5.56 Å². The van der Waals surface area contributed by atoms with Gasteiger partial charge in [0.05, 0.1) is 29.4 Å². The fourth-order valence-electron chi connectivity index (χ4n) is 2.49. The molecule has 0 bridgehead atoms. The zero-order valence-electron chi connectivity index (χ0n) is 14.7. The number of aromatic nitrogens is 2. The second kappa shape index (κ2) is 8.01. The van der Waals surface area contributed by atoms with E-state index in [1.165, 1.54) is 36.0 Å². The van der Waals surface area contributed by atoms with Crippen molar-refractivity contribution in [3.63, 3.8) is 0 Å². The minimum Gasteiger partial charge on any atom is -0.478 e. The third-order valence-electron chi connectivity index (χ3n) is 3.79. The van der Waals surface area contributed by atoms with Gasteiger partial charge in [-0.15, -0.1) is 11.3 Å². The van der Waals surface area contributed by atoms with Crippen molar-refractivity contribution in [3.05, 3.63) is 57.5 Å². The number of fused-ring (bicyclic) bond motifs is 1. The van der Waals surface area contributed by atoms with Crippen molar-refractivity contribution < 1.29 is 24.2 Å². The van der Waals surface area contributed by atoms with Crippen molar-refractivity contribution >= 4 is 45.1 Å². The van der Waals surface area contributed by atoms with Gasteiger partial charge in [0, 0.05) is 11.1 Å². The van der Waals surface area contributed by atoms with Crippen LogP contribution in [-0.4, -0.2) is 39.1 Å². The molecule has 2 heterocycles. The number of carboxylic acids is 1. The molecule has 10 heteroatoms. The topological polar surface area (TPSA) is 128 Å². The van der Waals surface area contributed by atoms with Crippen LogP contribution >= 0.6 is 11.3 Å². The summed E-state index contributed by atoms with van der Waals surface area (Å²) in [5, 5.41) is 13.1. The molecule has 0 aliphatic carbocycles. The molecule has 0 aliphatic heterocycles. The van der Waals surface area contributed by atoms with Gasteiger partial charge in [-0.2, -0.15) is 0 Å². The fourth-order valence-corrected chi connectivity index (χ4v) is 3.36. The van der Waals surface area contributed by atoms with Crippen molar-refractivity contribution in [2.24, 2.45) is 0 Å². The van der Waals surface area contributed by atoms with Crippen LogP contribution in [0.2, 0.25) is 0 Å². The minimum atomic E-state index is -1.07. The lowest BCUT2D eigenvalue weighted by molar-refractivity contribution is -0.116. The lowest BCUT2D eigenvalue weighted by atomic mass is 10.2. The smallest absolute Gasteiger partial charge is 0.339 e. The van der Waals surface area contributed by atoms with E-state index in [9.17, 15) is 19.2 Å². The Hall–Kier alpha value is -3.53. The molecule has 3 rings (SSSR count). The number of nitrogens with one attached hydrogen (secondary N) is 1. The molecule has 2 N–H and O–H groups in total. The van der Waals surface area contributed by atoms with E-state index < -0.39 is 23.4 Å². The Morgan fingerprint density at radius 1 is 1.25 bits per heavy atom. The first-order chi connectivity index (χ1) is 13.4. The van der Waals surface area contributed by atoms with Gasteiger partial charge >= 0.3 is 11.9 Å². The molecule has 0 atom stereocenters. The number of ether oxygens (including phenoxy) is 1. The first kappa shape index (κ1) is 19.2. The number of nitrogens with zero attached hydrogens (tertiary/aromatic N) is 2. The zero-order valence-corrected chi connectivity index (χ0v) is 15.5. The van der Waals surface area contributed by atoms with Crippen molar-refractivity contribution in [1.29, 1.82) is 0 Å². The van der Waals surface area contributed by atoms with E-state index in [0.717, 1.165) is 15.9 Å². The molecule has 144 valence electrons. The maximum Gasteiger partial charge on any atom is 0.339 e. The molecule has 0 aliphatic rings. The normalized spacial score (nSPS) is 10.6. The molecule has 1 aromatic carbocycles. The van der Waals surface area contributed by atoms with Crippen LogP contribution in [0.25, 0.3) is 10.2 Å². The van der Waals surface area contributed by atoms with E-state index in [2.05, 4.69) is 10.3 Å². The van der Waals surface area contributed by atoms with Gasteiger partial charge in [0.15, 0.2) is 0 Å². The number of benzene rings is 1. The summed E-state index contributed by atoms with van der Waals surface area (Å²) < 4.78 is 6.04. The molecule has 2 aromatic heterocycles. The Labute approximate surface area is 162 Å². The Kier molecular flexibility index (Phi) is 5.50. The van der Waals surface area contributed by atoms with Crippen molar-refractivity contribution in [3.8, 4) is 0 Å². The van der Waals surface area contributed by atoms with Gasteiger partial charge in [-0.05, 0) is 31.2 Å². The maximum atomic E-state index is 12.7. The fraction of sp³-hybridized carbons (Fsp3) is 0.167. The molecule has 28 heavy (non-hydrogen) atoms. The number of rotatable bonds is 6. The summed E-state index contributed by atoms with van der Waals surface area (Å²) >= 11 is 1.14. The highest BCUT2D eigenvalue weighted by Crippen LogP contribution is 2.21. The van der Waals surface area contributed by atoms with Gasteiger partial charge in [0.1, 0.15) is 11.4 Å². The summed E-state index contributed by atoms with van der Waals surface area (Å²) in [4.78, 5) is 52.3. The summed E-state index contributed by atoms with van der Waals surface area (Å²) in [6.45, 7) is 1.52. The van der Waals surface area contributed by atoms with E-state index in [1.54, 1.807) is 6.92 Å². The molecule has 0 fully saturated rings. The second-order valence-electron chi connectivity index (χ2n) is 5.66. The van der Waals surface area contributed by atoms with Gasteiger partial charge in [-0.1, -0.05) is 0 Å². The van der Waals surface area contributed by atoms with Crippen LogP contribution in [0.1, 0.15) is 27.6 Å². The number of carboxylic acid groups (broad SMARTS) is 1. The number of hydrogen-bond acceptors (Lipinski definition) is 7. The third kappa shape index (κ3) is 3.91. The molecule has 1 amide bonds. The van der Waals surface area contributed by atoms with E-state index in [1.807, 2.05) is 0 Å². The van der Waals surface area contributed by atoms with Gasteiger partial charge < -0.3 is 15.2 Å². The highest BCUT2D eigenvalue weighted by molar-refractivity contribution is 7.17. The SMILES string of the molecule is CCOC(=O)c1csc2ncn(CC(=O)Nc3ccc(C(=O)O)cc3)c(=O)c12. The number of aromatic carboxylic acids is 1. The van der Waals surface area contributed by atoms with Crippen LogP contribution in [0.3, 0.4) is 0 Å². The quantitative estimate of drug-likeness (QED) is 0.604. The third-order valence-corrected chi connectivity index (χ3v) is 4.67. The average molecular weight is 401 g/mol. The maximum absolute atomic E-state index is 12.7. The number of anilines is 1. The number of thiophene rings is 1. The predicted molar refractivity (Wildman–Crippen MR) is 102 cm³/mol. The van der Waals surface area contributed by atoms with Crippen LogP contribution in [-0.2, 0) is 16.1 Å². The van der Waals surface area contributed by atoms with Crippen LogP contribution in [0.4, 0.5) is 5.69 Å². The zero-order chi connectivity index (χ0) is 20.3. The molecule has 0 saturated carbocycles. The second-order valence-corrected chi connectivity index (χ2v) is 6.52. The highest BCUT2D eigenvalue weighted by Gasteiger charge is 2.19. The Balaban J connectivity index is 1.81. The lowest BCUT2D eigenvalue weighted by Gasteiger charge is -2.08.